The SMILES string of the molecule is CC(C)CCOc1ccc(C(=O)CCN(C)C)cc1. The second-order valence-electron chi connectivity index (χ2n) is 5.53. The molecule has 0 radical (unpaired) electrons. The highest BCUT2D eigenvalue weighted by Crippen LogP contribution is 2.14. The van der Waals surface area contributed by atoms with E-state index in [1.165, 1.54) is 0 Å². The van der Waals surface area contributed by atoms with Gasteiger partial charge in [0.05, 0.1) is 6.61 Å². The Morgan fingerprint density at radius 2 is 1.84 bits per heavy atom. The number of hydrogen-bond donors (Lipinski definition) is 0. The number of hydrogen-bond acceptors (Lipinski definition) is 3. The summed E-state index contributed by atoms with van der Waals surface area (Å²) in [4.78, 5) is 13.9. The molecule has 0 N–H and O–H groups in total. The molecule has 0 spiro atoms. The van der Waals surface area contributed by atoms with Crippen molar-refractivity contribution in [1.82, 2.24) is 4.90 Å². The molecule has 0 aromatic heterocycles. The van der Waals surface area contributed by atoms with Gasteiger partial charge in [0.15, 0.2) is 5.78 Å². The molecule has 0 heterocycles. The Hall–Kier alpha value is -1.35. The second kappa shape index (κ2) is 7.95. The van der Waals surface area contributed by atoms with Crippen molar-refractivity contribution in [3.05, 3.63) is 29.8 Å². The predicted molar refractivity (Wildman–Crippen MR) is 78.9 cm³/mol. The van der Waals surface area contributed by atoms with E-state index >= 15 is 0 Å². The van der Waals surface area contributed by atoms with Gasteiger partial charge in [-0.05, 0) is 50.7 Å². The first-order valence-electron chi connectivity index (χ1n) is 6.90. The van der Waals surface area contributed by atoms with E-state index in [0.29, 0.717) is 12.3 Å². The van der Waals surface area contributed by atoms with Crippen molar-refractivity contribution in [3.8, 4) is 5.75 Å². The molecule has 3 nitrogen and oxygen atoms in total. The first-order valence-corrected chi connectivity index (χ1v) is 6.90. The van der Waals surface area contributed by atoms with Crippen LogP contribution in [-0.2, 0) is 0 Å². The lowest BCUT2D eigenvalue weighted by atomic mass is 10.1. The molecule has 0 atom stereocenters. The van der Waals surface area contributed by atoms with Crippen molar-refractivity contribution in [2.75, 3.05) is 27.2 Å². The number of carbonyl (C=O) groups excluding carboxylic acids is 1. The van der Waals surface area contributed by atoms with Crippen molar-refractivity contribution in [2.24, 2.45) is 5.92 Å². The van der Waals surface area contributed by atoms with Crippen molar-refractivity contribution in [3.63, 3.8) is 0 Å². The lowest BCUT2D eigenvalue weighted by Gasteiger charge is -2.10. The monoisotopic (exact) mass is 263 g/mol. The van der Waals surface area contributed by atoms with Crippen LogP contribution in [0.15, 0.2) is 24.3 Å². The average molecular weight is 263 g/mol. The maximum atomic E-state index is 11.9. The average Bonchev–Trinajstić information content (AvgIpc) is 2.36. The zero-order valence-corrected chi connectivity index (χ0v) is 12.5. The van der Waals surface area contributed by atoms with E-state index in [9.17, 15) is 4.79 Å². The lowest BCUT2D eigenvalue weighted by molar-refractivity contribution is 0.0972. The molecule has 1 rings (SSSR count). The number of Topliss-reactive ketones (excluding diaryl/α,β-unsaturated/α-hetero) is 1. The van der Waals surface area contributed by atoms with Crippen LogP contribution in [0.4, 0.5) is 0 Å². The number of rotatable bonds is 8. The quantitative estimate of drug-likeness (QED) is 0.674. The molecule has 1 aromatic carbocycles. The van der Waals surface area contributed by atoms with Crippen LogP contribution >= 0.6 is 0 Å². The standard InChI is InChI=1S/C16H25NO2/c1-13(2)10-12-19-15-7-5-14(6-8-15)16(18)9-11-17(3)4/h5-8,13H,9-12H2,1-4H3. The fraction of sp³-hybridized carbons (Fsp3) is 0.562. The minimum absolute atomic E-state index is 0.183. The summed E-state index contributed by atoms with van der Waals surface area (Å²) in [5.74, 6) is 1.67. The third-order valence-electron chi connectivity index (χ3n) is 2.93. The van der Waals surface area contributed by atoms with E-state index in [1.54, 1.807) is 0 Å². The molecule has 0 aliphatic rings. The summed E-state index contributed by atoms with van der Waals surface area (Å²) in [5, 5.41) is 0. The van der Waals surface area contributed by atoms with Crippen LogP contribution in [-0.4, -0.2) is 37.9 Å². The van der Waals surface area contributed by atoms with Crippen molar-refractivity contribution >= 4 is 5.78 Å². The van der Waals surface area contributed by atoms with Crippen molar-refractivity contribution in [2.45, 2.75) is 26.7 Å². The lowest BCUT2D eigenvalue weighted by Crippen LogP contribution is -2.16. The van der Waals surface area contributed by atoms with Crippen LogP contribution in [0.5, 0.6) is 5.75 Å². The van der Waals surface area contributed by atoms with Gasteiger partial charge in [-0.15, -0.1) is 0 Å². The van der Waals surface area contributed by atoms with Gasteiger partial charge >= 0.3 is 0 Å². The Labute approximate surface area is 116 Å². The van der Waals surface area contributed by atoms with Crippen molar-refractivity contribution < 1.29 is 9.53 Å². The molecule has 1 aromatic rings. The molecule has 106 valence electrons. The van der Waals surface area contributed by atoms with E-state index in [2.05, 4.69) is 13.8 Å². The van der Waals surface area contributed by atoms with Crippen LogP contribution in [0.1, 0.15) is 37.0 Å². The van der Waals surface area contributed by atoms with Gasteiger partial charge in [0.25, 0.3) is 0 Å². The second-order valence-corrected chi connectivity index (χ2v) is 5.53. The summed E-state index contributed by atoms with van der Waals surface area (Å²) in [7, 11) is 3.94. The van der Waals surface area contributed by atoms with E-state index in [0.717, 1.165) is 30.9 Å². The molecule has 0 bridgehead atoms. The summed E-state index contributed by atoms with van der Waals surface area (Å²) in [6, 6.07) is 7.46. The summed E-state index contributed by atoms with van der Waals surface area (Å²) in [6.45, 7) is 5.86. The van der Waals surface area contributed by atoms with Gasteiger partial charge in [0.1, 0.15) is 5.75 Å². The summed E-state index contributed by atoms with van der Waals surface area (Å²) in [6.07, 6.45) is 1.60. The minimum atomic E-state index is 0.183. The summed E-state index contributed by atoms with van der Waals surface area (Å²) in [5.41, 5.74) is 0.762. The van der Waals surface area contributed by atoms with Gasteiger partial charge in [-0.1, -0.05) is 13.8 Å². The highest BCUT2D eigenvalue weighted by atomic mass is 16.5. The smallest absolute Gasteiger partial charge is 0.164 e. The van der Waals surface area contributed by atoms with Gasteiger partial charge in [0, 0.05) is 18.5 Å². The number of ketones is 1. The Kier molecular flexibility index (Phi) is 6.57. The Morgan fingerprint density at radius 1 is 1.21 bits per heavy atom. The molecular formula is C16H25NO2. The number of benzene rings is 1. The minimum Gasteiger partial charge on any atom is -0.494 e. The van der Waals surface area contributed by atoms with Gasteiger partial charge < -0.3 is 9.64 Å². The first kappa shape index (κ1) is 15.7. The predicted octanol–water partition coefficient (Wildman–Crippen LogP) is 3.25. The molecule has 0 saturated carbocycles. The van der Waals surface area contributed by atoms with Gasteiger partial charge in [-0.2, -0.15) is 0 Å². The van der Waals surface area contributed by atoms with Crippen LogP contribution < -0.4 is 4.74 Å². The van der Waals surface area contributed by atoms with E-state index in [-0.39, 0.29) is 5.78 Å². The van der Waals surface area contributed by atoms with Crippen LogP contribution in [0, 0.1) is 5.92 Å². The molecule has 0 fully saturated rings. The van der Waals surface area contributed by atoms with E-state index < -0.39 is 0 Å². The highest BCUT2D eigenvalue weighted by Gasteiger charge is 2.06. The Balaban J connectivity index is 2.44. The van der Waals surface area contributed by atoms with Crippen LogP contribution in [0.3, 0.4) is 0 Å². The molecule has 0 unspecified atom stereocenters. The molecule has 0 saturated heterocycles. The number of nitrogens with zero attached hydrogens (tertiary/aromatic N) is 1. The fourth-order valence-electron chi connectivity index (χ4n) is 1.62. The maximum Gasteiger partial charge on any atom is 0.164 e. The molecule has 3 heteroatoms. The number of carbonyl (C=O) groups is 1. The fourth-order valence-corrected chi connectivity index (χ4v) is 1.62. The Bertz CT molecular complexity index is 382. The summed E-state index contributed by atoms with van der Waals surface area (Å²) >= 11 is 0. The molecule has 19 heavy (non-hydrogen) atoms. The first-order chi connectivity index (χ1) is 8.99. The van der Waals surface area contributed by atoms with Gasteiger partial charge in [0.2, 0.25) is 0 Å². The normalized spacial score (nSPS) is 11.1. The van der Waals surface area contributed by atoms with Crippen molar-refractivity contribution in [1.29, 1.82) is 0 Å². The highest BCUT2D eigenvalue weighted by molar-refractivity contribution is 5.96. The third kappa shape index (κ3) is 6.39. The molecular weight excluding hydrogens is 238 g/mol. The van der Waals surface area contributed by atoms with Gasteiger partial charge in [-0.25, -0.2) is 0 Å². The zero-order chi connectivity index (χ0) is 14.3. The van der Waals surface area contributed by atoms with E-state index in [4.69, 9.17) is 4.74 Å². The molecule has 0 amide bonds. The Morgan fingerprint density at radius 3 is 2.37 bits per heavy atom. The largest absolute Gasteiger partial charge is 0.494 e. The number of ether oxygens (including phenoxy) is 1. The van der Waals surface area contributed by atoms with Crippen LogP contribution in [0.2, 0.25) is 0 Å². The third-order valence-corrected chi connectivity index (χ3v) is 2.93. The maximum absolute atomic E-state index is 11.9. The summed E-state index contributed by atoms with van der Waals surface area (Å²) < 4.78 is 5.63. The molecule has 0 aliphatic carbocycles. The topological polar surface area (TPSA) is 29.5 Å². The van der Waals surface area contributed by atoms with Gasteiger partial charge in [-0.3, -0.25) is 4.79 Å². The van der Waals surface area contributed by atoms with Crippen LogP contribution in [0.25, 0.3) is 0 Å². The van der Waals surface area contributed by atoms with E-state index in [1.807, 2.05) is 43.3 Å². The zero-order valence-electron chi connectivity index (χ0n) is 12.5. The molecule has 0 aliphatic heterocycles.